The molecular formula is C58H39NS. The van der Waals surface area contributed by atoms with Crippen molar-refractivity contribution in [1.29, 1.82) is 0 Å². The van der Waals surface area contributed by atoms with E-state index in [1.54, 1.807) is 0 Å². The maximum Gasteiger partial charge on any atom is 0.0546 e. The molecule has 0 saturated carbocycles. The highest BCUT2D eigenvalue weighted by Crippen LogP contribution is 2.49. The fourth-order valence-corrected chi connectivity index (χ4v) is 10.0. The summed E-state index contributed by atoms with van der Waals surface area (Å²) < 4.78 is 2.60. The summed E-state index contributed by atoms with van der Waals surface area (Å²) in [5.74, 6) is 0. The second-order valence-electron chi connectivity index (χ2n) is 15.2. The van der Waals surface area contributed by atoms with Crippen LogP contribution in [0.15, 0.2) is 237 Å². The Bertz CT molecular complexity index is 3290. The second kappa shape index (κ2) is 15.3. The van der Waals surface area contributed by atoms with E-state index in [-0.39, 0.29) is 0 Å². The van der Waals surface area contributed by atoms with Crippen molar-refractivity contribution in [2.75, 3.05) is 4.90 Å². The zero-order chi connectivity index (χ0) is 39.8. The van der Waals surface area contributed by atoms with E-state index in [0.29, 0.717) is 0 Å². The van der Waals surface area contributed by atoms with Gasteiger partial charge in [-0.25, -0.2) is 0 Å². The minimum absolute atomic E-state index is 1.09. The Morgan fingerprint density at radius 3 is 1.57 bits per heavy atom. The normalized spacial score (nSPS) is 11.3. The molecule has 0 radical (unpaired) electrons. The molecular weight excluding hydrogens is 743 g/mol. The summed E-state index contributed by atoms with van der Waals surface area (Å²) in [5, 5.41) is 5.06. The van der Waals surface area contributed by atoms with Crippen LogP contribution in [0.25, 0.3) is 86.6 Å². The maximum atomic E-state index is 2.49. The number of hydrogen-bond acceptors (Lipinski definition) is 2. The first-order valence-electron chi connectivity index (χ1n) is 20.5. The van der Waals surface area contributed by atoms with Gasteiger partial charge in [0, 0.05) is 42.6 Å². The highest BCUT2D eigenvalue weighted by Gasteiger charge is 2.23. The number of nitrogens with zero attached hydrogens (tertiary/aromatic N) is 1. The third kappa shape index (κ3) is 6.44. The first kappa shape index (κ1) is 35.6. The average Bonchev–Trinajstić information content (AvgIpc) is 3.72. The van der Waals surface area contributed by atoms with Gasteiger partial charge in [-0.15, -0.1) is 11.3 Å². The molecule has 11 aromatic rings. The Labute approximate surface area is 354 Å². The van der Waals surface area contributed by atoms with Crippen molar-refractivity contribution in [3.63, 3.8) is 0 Å². The van der Waals surface area contributed by atoms with Crippen molar-refractivity contribution in [1.82, 2.24) is 0 Å². The van der Waals surface area contributed by atoms with E-state index in [1.165, 1.54) is 81.0 Å². The van der Waals surface area contributed by atoms with Crippen LogP contribution in [0.2, 0.25) is 0 Å². The zero-order valence-corrected chi connectivity index (χ0v) is 33.7. The summed E-state index contributed by atoms with van der Waals surface area (Å²) in [6, 6.07) is 86.2. The Morgan fingerprint density at radius 1 is 0.283 bits per heavy atom. The van der Waals surface area contributed by atoms with Gasteiger partial charge in [-0.05, 0) is 80.0 Å². The fourth-order valence-electron chi connectivity index (χ4n) is 8.78. The molecule has 0 amide bonds. The lowest BCUT2D eigenvalue weighted by Crippen LogP contribution is -2.12. The molecule has 1 nitrogen and oxygen atoms in total. The molecule has 282 valence electrons. The quantitative estimate of drug-likeness (QED) is 0.148. The third-order valence-corrected chi connectivity index (χ3v) is 12.9. The van der Waals surface area contributed by atoms with Crippen LogP contribution >= 0.6 is 11.3 Å². The molecule has 0 spiro atoms. The van der Waals surface area contributed by atoms with Gasteiger partial charge in [-0.2, -0.15) is 0 Å². The van der Waals surface area contributed by atoms with Gasteiger partial charge < -0.3 is 4.90 Å². The predicted octanol–water partition coefficient (Wildman–Crippen LogP) is 17.0. The van der Waals surface area contributed by atoms with Gasteiger partial charge in [-0.3, -0.25) is 0 Å². The van der Waals surface area contributed by atoms with Crippen molar-refractivity contribution >= 4 is 59.3 Å². The number of para-hydroxylation sites is 1. The Balaban J connectivity index is 1.13. The topological polar surface area (TPSA) is 3.24 Å². The molecule has 0 saturated heterocycles. The van der Waals surface area contributed by atoms with Gasteiger partial charge in [-0.1, -0.05) is 206 Å². The molecule has 0 fully saturated rings. The van der Waals surface area contributed by atoms with E-state index in [4.69, 9.17) is 0 Å². The van der Waals surface area contributed by atoms with Crippen molar-refractivity contribution < 1.29 is 0 Å². The smallest absolute Gasteiger partial charge is 0.0546 e. The summed E-state index contributed by atoms with van der Waals surface area (Å²) in [6.45, 7) is 0. The molecule has 1 heterocycles. The molecule has 0 bridgehead atoms. The summed E-state index contributed by atoms with van der Waals surface area (Å²) >= 11 is 1.88. The Morgan fingerprint density at radius 2 is 0.800 bits per heavy atom. The molecule has 60 heavy (non-hydrogen) atoms. The summed E-state index contributed by atoms with van der Waals surface area (Å²) in [7, 11) is 0. The molecule has 11 rings (SSSR count). The summed E-state index contributed by atoms with van der Waals surface area (Å²) in [4.78, 5) is 2.49. The largest absolute Gasteiger partial charge is 0.309 e. The highest BCUT2D eigenvalue weighted by atomic mass is 32.1. The van der Waals surface area contributed by atoms with E-state index in [2.05, 4.69) is 241 Å². The van der Waals surface area contributed by atoms with Crippen LogP contribution in [-0.4, -0.2) is 0 Å². The molecule has 0 aliphatic carbocycles. The minimum Gasteiger partial charge on any atom is -0.309 e. The number of rotatable bonds is 8. The SMILES string of the molecule is c1ccc(-c2ccc(-c3ccc(N(c4cc(-c5cccc6ccccc56)ccc4-c4ccccc4)c4ccccc4-c4cccc5c4sc4ccccc45)cc3)cc2)cc1. The number of thiophene rings is 1. The number of fused-ring (bicyclic) bond motifs is 4. The van der Waals surface area contributed by atoms with Gasteiger partial charge in [0.25, 0.3) is 0 Å². The van der Waals surface area contributed by atoms with E-state index in [1.807, 2.05) is 11.3 Å². The van der Waals surface area contributed by atoms with Gasteiger partial charge in [0.05, 0.1) is 11.4 Å². The van der Waals surface area contributed by atoms with Gasteiger partial charge in [0.1, 0.15) is 0 Å². The first-order valence-corrected chi connectivity index (χ1v) is 21.3. The lowest BCUT2D eigenvalue weighted by molar-refractivity contribution is 1.28. The van der Waals surface area contributed by atoms with Crippen molar-refractivity contribution in [3.8, 4) is 55.6 Å². The maximum absolute atomic E-state index is 2.49. The Kier molecular flexibility index (Phi) is 9.11. The van der Waals surface area contributed by atoms with Crippen LogP contribution in [0.1, 0.15) is 0 Å². The van der Waals surface area contributed by atoms with Crippen LogP contribution in [-0.2, 0) is 0 Å². The lowest BCUT2D eigenvalue weighted by atomic mass is 9.93. The molecule has 0 N–H and O–H groups in total. The van der Waals surface area contributed by atoms with E-state index >= 15 is 0 Å². The molecule has 2 heteroatoms. The lowest BCUT2D eigenvalue weighted by Gasteiger charge is -2.31. The molecule has 0 unspecified atom stereocenters. The van der Waals surface area contributed by atoms with E-state index < -0.39 is 0 Å². The van der Waals surface area contributed by atoms with Gasteiger partial charge in [0.15, 0.2) is 0 Å². The van der Waals surface area contributed by atoms with Crippen molar-refractivity contribution in [2.45, 2.75) is 0 Å². The van der Waals surface area contributed by atoms with Crippen LogP contribution in [0.3, 0.4) is 0 Å². The molecule has 0 aliphatic heterocycles. The minimum atomic E-state index is 1.09. The highest BCUT2D eigenvalue weighted by molar-refractivity contribution is 7.26. The van der Waals surface area contributed by atoms with Gasteiger partial charge >= 0.3 is 0 Å². The fraction of sp³-hybridized carbons (Fsp3) is 0. The number of hydrogen-bond donors (Lipinski definition) is 0. The molecule has 10 aromatic carbocycles. The molecule has 0 atom stereocenters. The number of anilines is 3. The summed E-state index contributed by atoms with van der Waals surface area (Å²) in [5.41, 5.74) is 15.3. The van der Waals surface area contributed by atoms with Crippen LogP contribution in [0, 0.1) is 0 Å². The van der Waals surface area contributed by atoms with Crippen molar-refractivity contribution in [2.24, 2.45) is 0 Å². The third-order valence-electron chi connectivity index (χ3n) is 11.7. The summed E-state index contributed by atoms with van der Waals surface area (Å²) in [6.07, 6.45) is 0. The van der Waals surface area contributed by atoms with Crippen LogP contribution in [0.5, 0.6) is 0 Å². The zero-order valence-electron chi connectivity index (χ0n) is 32.9. The average molecular weight is 782 g/mol. The first-order chi connectivity index (χ1) is 29.8. The van der Waals surface area contributed by atoms with Crippen molar-refractivity contribution in [3.05, 3.63) is 237 Å². The van der Waals surface area contributed by atoms with Crippen LogP contribution in [0.4, 0.5) is 17.1 Å². The van der Waals surface area contributed by atoms with E-state index in [0.717, 1.165) is 22.6 Å². The second-order valence-corrected chi connectivity index (χ2v) is 16.3. The monoisotopic (exact) mass is 781 g/mol. The Hall–Kier alpha value is -7.52. The molecule has 0 aliphatic rings. The van der Waals surface area contributed by atoms with Crippen LogP contribution < -0.4 is 4.90 Å². The van der Waals surface area contributed by atoms with Gasteiger partial charge in [0.2, 0.25) is 0 Å². The molecule has 1 aromatic heterocycles. The van der Waals surface area contributed by atoms with E-state index in [9.17, 15) is 0 Å². The predicted molar refractivity (Wildman–Crippen MR) is 259 cm³/mol. The number of benzene rings is 10. The standard InChI is InChI=1S/C58H39NS/c1-3-15-40(16-4-1)41-29-31-42(32-30-41)43-33-36-47(37-34-43)59(55-27-11-9-22-51(55)53-25-14-26-54-52-23-10-12-28-57(52)60-58(53)54)56-39-46(35-38-50(56)45-17-5-2-6-18-45)49-24-13-20-44-19-7-8-21-48(44)49/h1-39H.